The number of amides is 1. The Hall–Kier alpha value is 0.510. The number of nitrogens with one attached hydrogen (secondary N) is 1. The quantitative estimate of drug-likeness (QED) is 0.411. The molecule has 0 saturated carbocycles. The Balaban J connectivity index is 2.35. The fourth-order valence-electron chi connectivity index (χ4n) is 1.51. The number of carbonyl (C=O) groups excluding carboxylic acids is 1. The van der Waals surface area contributed by atoms with Gasteiger partial charge in [-0.15, -0.1) is 0 Å². The van der Waals surface area contributed by atoms with Crippen molar-refractivity contribution in [1.82, 2.24) is 0 Å². The maximum atomic E-state index is 13.3. The summed E-state index contributed by atoms with van der Waals surface area (Å²) in [5.74, 6) is -0.779. The maximum absolute atomic E-state index is 13.3. The second-order valence-corrected chi connectivity index (χ2v) is 8.25. The zero-order valence-electron chi connectivity index (χ0n) is 9.68. The summed E-state index contributed by atoms with van der Waals surface area (Å²) >= 11 is 9.82. The molecule has 0 aliphatic carbocycles. The molecule has 2 rings (SSSR count). The molecule has 2 aromatic carbocycles. The number of anilines is 1. The average Bonchev–Trinajstić information content (AvgIpc) is 2.36. The second kappa shape index (κ2) is 7.18. The minimum absolute atomic E-state index is 0.273. The van der Waals surface area contributed by atoms with Crippen molar-refractivity contribution >= 4 is 95.3 Å². The molecule has 0 unspecified atom stereocenters. The fraction of sp³-hybridized carbons (Fsp3) is 0. The maximum Gasteiger partial charge on any atom is 0.256 e. The van der Waals surface area contributed by atoms with Crippen LogP contribution in [0.1, 0.15) is 10.4 Å². The molecule has 1 N–H and O–H groups in total. The summed E-state index contributed by atoms with van der Waals surface area (Å²) < 4.78 is 16.8. The number of carbonyl (C=O) groups is 1. The first-order valence-electron chi connectivity index (χ1n) is 5.29. The molecule has 0 aromatic heterocycles. The Kier molecular flexibility index (Phi) is 6.06. The fourth-order valence-corrected chi connectivity index (χ4v) is 5.79. The molecule has 20 heavy (non-hydrogen) atoms. The van der Waals surface area contributed by atoms with Crippen LogP contribution in [0.15, 0.2) is 34.8 Å². The number of hydrogen-bond donors (Lipinski definition) is 1. The van der Waals surface area contributed by atoms with Gasteiger partial charge in [-0.25, -0.2) is 4.39 Å². The van der Waals surface area contributed by atoms with E-state index in [0.717, 1.165) is 16.4 Å². The van der Waals surface area contributed by atoms with Crippen LogP contribution in [0, 0.1) is 16.5 Å². The van der Waals surface area contributed by atoms with Gasteiger partial charge in [-0.2, -0.15) is 0 Å². The van der Waals surface area contributed by atoms with Crippen molar-refractivity contribution in [3.8, 4) is 0 Å². The van der Waals surface area contributed by atoms with Crippen molar-refractivity contribution < 1.29 is 9.18 Å². The molecule has 0 atom stereocenters. The first-order chi connectivity index (χ1) is 9.38. The Morgan fingerprint density at radius 1 is 1.10 bits per heavy atom. The van der Waals surface area contributed by atoms with Crippen LogP contribution in [0.5, 0.6) is 0 Å². The van der Waals surface area contributed by atoms with Crippen molar-refractivity contribution in [2.24, 2.45) is 0 Å². The third-order valence-electron chi connectivity index (χ3n) is 2.42. The normalized spacial score (nSPS) is 10.4. The molecule has 0 fully saturated rings. The first-order valence-corrected chi connectivity index (χ1v) is 9.32. The van der Waals surface area contributed by atoms with E-state index in [1.165, 1.54) is 18.2 Å². The minimum Gasteiger partial charge on any atom is -0.320 e. The Morgan fingerprint density at radius 2 is 1.70 bits per heavy atom. The molecule has 2 nitrogen and oxygen atoms in total. The van der Waals surface area contributed by atoms with Gasteiger partial charge in [-0.1, -0.05) is 0 Å². The summed E-state index contributed by atoms with van der Waals surface area (Å²) in [5, 5.41) is 2.84. The average molecular weight is 672 g/mol. The van der Waals surface area contributed by atoms with Crippen LogP contribution < -0.4 is 5.32 Å². The zero-order chi connectivity index (χ0) is 14.9. The van der Waals surface area contributed by atoms with Gasteiger partial charge in [0.25, 0.3) is 5.91 Å². The van der Waals surface area contributed by atoms with Gasteiger partial charge in [0, 0.05) is 15.2 Å². The summed E-state index contributed by atoms with van der Waals surface area (Å²) in [4.78, 5) is 12.3. The molecule has 0 aliphatic heterocycles. The van der Waals surface area contributed by atoms with Gasteiger partial charge >= 0.3 is 0 Å². The highest BCUT2D eigenvalue weighted by Gasteiger charge is 2.15. The highest BCUT2D eigenvalue weighted by molar-refractivity contribution is 14.1. The van der Waals surface area contributed by atoms with Crippen LogP contribution >= 0.6 is 83.7 Å². The molecule has 0 aliphatic rings. The largest absolute Gasteiger partial charge is 0.320 e. The highest BCUT2D eigenvalue weighted by atomic mass is 127. The van der Waals surface area contributed by atoms with E-state index in [0.29, 0.717) is 4.47 Å². The third-order valence-corrected chi connectivity index (χ3v) is 5.43. The molecular formula is C13H6BrFI3NO. The van der Waals surface area contributed by atoms with E-state index in [4.69, 9.17) is 0 Å². The van der Waals surface area contributed by atoms with Crippen molar-refractivity contribution in [2.45, 2.75) is 0 Å². The number of hydrogen-bond acceptors (Lipinski definition) is 1. The second-order valence-electron chi connectivity index (χ2n) is 3.82. The van der Waals surface area contributed by atoms with E-state index in [-0.39, 0.29) is 11.5 Å². The van der Waals surface area contributed by atoms with Crippen LogP contribution in [-0.4, -0.2) is 5.91 Å². The lowest BCUT2D eigenvalue weighted by atomic mass is 10.2. The van der Waals surface area contributed by atoms with E-state index >= 15 is 0 Å². The number of rotatable bonds is 2. The summed E-state index contributed by atoms with van der Waals surface area (Å²) in [6.07, 6.45) is 0. The molecule has 0 radical (unpaired) electrons. The molecule has 2 aromatic rings. The minimum atomic E-state index is -0.439. The van der Waals surface area contributed by atoms with Crippen LogP contribution in [0.4, 0.5) is 10.1 Å². The van der Waals surface area contributed by atoms with Gasteiger partial charge in [0.15, 0.2) is 0 Å². The van der Waals surface area contributed by atoms with E-state index < -0.39 is 5.82 Å². The lowest BCUT2D eigenvalue weighted by Gasteiger charge is -2.11. The van der Waals surface area contributed by atoms with Crippen molar-refractivity contribution in [3.05, 3.63) is 56.9 Å². The predicted octanol–water partition coefficient (Wildman–Crippen LogP) is 5.65. The topological polar surface area (TPSA) is 29.1 Å². The van der Waals surface area contributed by atoms with Gasteiger partial charge < -0.3 is 5.32 Å². The van der Waals surface area contributed by atoms with Crippen LogP contribution in [0.25, 0.3) is 0 Å². The molecule has 104 valence electrons. The zero-order valence-corrected chi connectivity index (χ0v) is 17.7. The Morgan fingerprint density at radius 3 is 2.30 bits per heavy atom. The van der Waals surface area contributed by atoms with Crippen LogP contribution in [-0.2, 0) is 0 Å². The van der Waals surface area contributed by atoms with Gasteiger partial charge in [-0.05, 0) is 114 Å². The lowest BCUT2D eigenvalue weighted by Crippen LogP contribution is -2.15. The summed E-state index contributed by atoms with van der Waals surface area (Å²) in [5.41, 5.74) is 1.02. The first kappa shape index (κ1) is 16.9. The van der Waals surface area contributed by atoms with Crippen LogP contribution in [0.2, 0.25) is 0 Å². The van der Waals surface area contributed by atoms with Gasteiger partial charge in [-0.3, -0.25) is 4.79 Å². The monoisotopic (exact) mass is 671 g/mol. The Labute approximate surface area is 164 Å². The van der Waals surface area contributed by atoms with E-state index in [9.17, 15) is 9.18 Å². The third kappa shape index (κ3) is 4.03. The van der Waals surface area contributed by atoms with Crippen molar-refractivity contribution in [3.63, 3.8) is 0 Å². The lowest BCUT2D eigenvalue weighted by molar-refractivity contribution is 0.102. The van der Waals surface area contributed by atoms with E-state index in [1.54, 1.807) is 0 Å². The number of benzene rings is 2. The smallest absolute Gasteiger partial charge is 0.256 e. The molecule has 0 bridgehead atoms. The molecular weight excluding hydrogens is 666 g/mol. The summed E-state index contributed by atoms with van der Waals surface area (Å²) in [6, 6.07) is 7.98. The Bertz CT molecular complexity index is 670. The van der Waals surface area contributed by atoms with E-state index in [2.05, 4.69) is 89.0 Å². The molecule has 0 saturated heterocycles. The van der Waals surface area contributed by atoms with Crippen molar-refractivity contribution in [2.75, 3.05) is 5.32 Å². The summed E-state index contributed by atoms with van der Waals surface area (Å²) in [6.45, 7) is 0. The SMILES string of the molecule is O=C(Nc1c(I)cc(I)cc1I)c1cc(F)ccc1Br. The molecule has 0 heterocycles. The van der Waals surface area contributed by atoms with Gasteiger partial charge in [0.2, 0.25) is 0 Å². The molecule has 7 heteroatoms. The molecule has 1 amide bonds. The predicted molar refractivity (Wildman–Crippen MR) is 107 cm³/mol. The standard InChI is InChI=1S/C13H6BrFI3NO/c14-9-2-1-6(15)3-8(9)13(20)19-12-10(17)4-7(16)5-11(12)18/h1-5H,(H,19,20). The van der Waals surface area contributed by atoms with Gasteiger partial charge in [0.05, 0.1) is 11.3 Å². The highest BCUT2D eigenvalue weighted by Crippen LogP contribution is 2.28. The van der Waals surface area contributed by atoms with Crippen LogP contribution in [0.3, 0.4) is 0 Å². The van der Waals surface area contributed by atoms with Crippen molar-refractivity contribution in [1.29, 1.82) is 0 Å². The number of halogens is 5. The molecule has 0 spiro atoms. The van der Waals surface area contributed by atoms with Gasteiger partial charge in [0.1, 0.15) is 5.82 Å². The summed E-state index contributed by atoms with van der Waals surface area (Å²) in [7, 11) is 0. The van der Waals surface area contributed by atoms with E-state index in [1.807, 2.05) is 12.1 Å².